The molecule has 5 heteroatoms. The van der Waals surface area contributed by atoms with Crippen LogP contribution in [0.25, 0.3) is 0 Å². The smallest absolute Gasteiger partial charge is 0.294 e. The van der Waals surface area contributed by atoms with E-state index in [9.17, 15) is 0 Å². The van der Waals surface area contributed by atoms with Gasteiger partial charge in [-0.1, -0.05) is 6.07 Å². The van der Waals surface area contributed by atoms with Crippen LogP contribution in [0, 0.1) is 0 Å². The highest BCUT2D eigenvalue weighted by molar-refractivity contribution is 5.41. The SMILES string of the molecule is CNc1ncc(CCc2ccc(OC)cc2OC)o1. The maximum absolute atomic E-state index is 5.49. The minimum atomic E-state index is 0.539. The zero-order valence-electron chi connectivity index (χ0n) is 11.4. The summed E-state index contributed by atoms with van der Waals surface area (Å²) in [4.78, 5) is 4.09. The number of oxazole rings is 1. The first-order valence-corrected chi connectivity index (χ1v) is 6.10. The highest BCUT2D eigenvalue weighted by Gasteiger charge is 2.07. The Labute approximate surface area is 112 Å². The number of rotatable bonds is 6. The number of nitrogens with one attached hydrogen (secondary N) is 1. The lowest BCUT2D eigenvalue weighted by atomic mass is 10.1. The first kappa shape index (κ1) is 13.3. The third-order valence-electron chi connectivity index (χ3n) is 2.90. The second kappa shape index (κ2) is 6.13. The molecule has 1 aromatic heterocycles. The van der Waals surface area contributed by atoms with Crippen molar-refractivity contribution in [1.29, 1.82) is 0 Å². The van der Waals surface area contributed by atoms with Crippen molar-refractivity contribution < 1.29 is 13.9 Å². The van der Waals surface area contributed by atoms with Gasteiger partial charge >= 0.3 is 0 Å². The van der Waals surface area contributed by atoms with Crippen molar-refractivity contribution in [3.63, 3.8) is 0 Å². The molecule has 0 saturated heterocycles. The third-order valence-corrected chi connectivity index (χ3v) is 2.90. The Balaban J connectivity index is 2.06. The highest BCUT2D eigenvalue weighted by atomic mass is 16.5. The summed E-state index contributed by atoms with van der Waals surface area (Å²) >= 11 is 0. The summed E-state index contributed by atoms with van der Waals surface area (Å²) in [6.45, 7) is 0. The summed E-state index contributed by atoms with van der Waals surface area (Å²) in [6, 6.07) is 6.36. The average Bonchev–Trinajstić information content (AvgIpc) is 2.92. The number of ether oxygens (including phenoxy) is 2. The number of anilines is 1. The molecule has 2 rings (SSSR count). The average molecular weight is 262 g/mol. The van der Waals surface area contributed by atoms with E-state index in [0.29, 0.717) is 6.01 Å². The van der Waals surface area contributed by atoms with E-state index < -0.39 is 0 Å². The zero-order chi connectivity index (χ0) is 13.7. The molecular formula is C14H18N2O3. The van der Waals surface area contributed by atoms with Crippen molar-refractivity contribution in [2.24, 2.45) is 0 Å². The van der Waals surface area contributed by atoms with Gasteiger partial charge in [-0.3, -0.25) is 0 Å². The molecule has 0 aliphatic rings. The zero-order valence-corrected chi connectivity index (χ0v) is 11.4. The maximum atomic E-state index is 5.49. The number of hydrogen-bond donors (Lipinski definition) is 1. The van der Waals surface area contributed by atoms with Gasteiger partial charge in [0.1, 0.15) is 17.3 Å². The predicted octanol–water partition coefficient (Wildman–Crippen LogP) is 2.52. The first-order chi connectivity index (χ1) is 9.26. The van der Waals surface area contributed by atoms with Crippen LogP contribution < -0.4 is 14.8 Å². The van der Waals surface area contributed by atoms with Crippen molar-refractivity contribution >= 4 is 6.01 Å². The minimum absolute atomic E-state index is 0.539. The molecule has 5 nitrogen and oxygen atoms in total. The Kier molecular flexibility index (Phi) is 4.28. The van der Waals surface area contributed by atoms with Crippen molar-refractivity contribution in [2.75, 3.05) is 26.6 Å². The Morgan fingerprint density at radius 3 is 2.68 bits per heavy atom. The molecule has 0 fully saturated rings. The second-order valence-corrected chi connectivity index (χ2v) is 4.06. The lowest BCUT2D eigenvalue weighted by Crippen LogP contribution is -1.96. The fraction of sp³-hybridized carbons (Fsp3) is 0.357. The van der Waals surface area contributed by atoms with E-state index in [1.165, 1.54) is 0 Å². The third kappa shape index (κ3) is 3.19. The molecule has 0 unspecified atom stereocenters. The predicted molar refractivity (Wildman–Crippen MR) is 73.0 cm³/mol. The van der Waals surface area contributed by atoms with Gasteiger partial charge in [-0.2, -0.15) is 0 Å². The molecule has 2 aromatic rings. The van der Waals surface area contributed by atoms with Gasteiger partial charge in [0.15, 0.2) is 0 Å². The molecule has 19 heavy (non-hydrogen) atoms. The van der Waals surface area contributed by atoms with Crippen LogP contribution in [-0.2, 0) is 12.8 Å². The molecule has 0 bridgehead atoms. The molecule has 1 aromatic carbocycles. The van der Waals surface area contributed by atoms with Crippen LogP contribution in [0.5, 0.6) is 11.5 Å². The van der Waals surface area contributed by atoms with Gasteiger partial charge < -0.3 is 19.2 Å². The summed E-state index contributed by atoms with van der Waals surface area (Å²) in [5, 5.41) is 2.86. The summed E-state index contributed by atoms with van der Waals surface area (Å²) in [7, 11) is 5.08. The Hall–Kier alpha value is -2.17. The number of hydrogen-bond acceptors (Lipinski definition) is 5. The first-order valence-electron chi connectivity index (χ1n) is 6.10. The van der Waals surface area contributed by atoms with Gasteiger partial charge in [0.05, 0.1) is 20.4 Å². The summed E-state index contributed by atoms with van der Waals surface area (Å²) in [5.41, 5.74) is 1.12. The van der Waals surface area contributed by atoms with E-state index in [1.807, 2.05) is 18.2 Å². The second-order valence-electron chi connectivity index (χ2n) is 4.06. The molecule has 1 N–H and O–H groups in total. The minimum Gasteiger partial charge on any atom is -0.497 e. The standard InChI is InChI=1S/C14H18N2O3/c1-15-14-16-9-12(19-14)7-5-10-4-6-11(17-2)8-13(10)18-3/h4,6,8-9H,5,7H2,1-3H3,(H,15,16). The van der Waals surface area contributed by atoms with Crippen molar-refractivity contribution in [1.82, 2.24) is 4.98 Å². The number of benzene rings is 1. The molecule has 1 heterocycles. The lowest BCUT2D eigenvalue weighted by molar-refractivity contribution is 0.390. The molecule has 0 radical (unpaired) electrons. The number of aromatic nitrogens is 1. The molecule has 0 aliphatic heterocycles. The highest BCUT2D eigenvalue weighted by Crippen LogP contribution is 2.25. The molecule has 0 saturated carbocycles. The summed E-state index contributed by atoms with van der Waals surface area (Å²) in [5.74, 6) is 2.47. The quantitative estimate of drug-likeness (QED) is 0.867. The van der Waals surface area contributed by atoms with Crippen LogP contribution in [0.1, 0.15) is 11.3 Å². The van der Waals surface area contributed by atoms with Crippen LogP contribution in [-0.4, -0.2) is 26.3 Å². The molecule has 102 valence electrons. The van der Waals surface area contributed by atoms with E-state index in [2.05, 4.69) is 10.3 Å². The number of aryl methyl sites for hydroxylation is 2. The molecular weight excluding hydrogens is 244 g/mol. The summed E-state index contributed by atoms with van der Waals surface area (Å²) in [6.07, 6.45) is 3.34. The van der Waals surface area contributed by atoms with Gasteiger partial charge in [0.25, 0.3) is 6.01 Å². The largest absolute Gasteiger partial charge is 0.497 e. The van der Waals surface area contributed by atoms with Gasteiger partial charge in [-0.05, 0) is 18.1 Å². The Morgan fingerprint density at radius 2 is 2.05 bits per heavy atom. The van der Waals surface area contributed by atoms with E-state index in [1.54, 1.807) is 27.5 Å². The maximum Gasteiger partial charge on any atom is 0.294 e. The lowest BCUT2D eigenvalue weighted by Gasteiger charge is -2.09. The topological polar surface area (TPSA) is 56.5 Å². The fourth-order valence-electron chi connectivity index (χ4n) is 1.85. The van der Waals surface area contributed by atoms with Gasteiger partial charge in [-0.15, -0.1) is 0 Å². The van der Waals surface area contributed by atoms with E-state index in [-0.39, 0.29) is 0 Å². The monoisotopic (exact) mass is 262 g/mol. The normalized spacial score (nSPS) is 10.3. The van der Waals surface area contributed by atoms with Crippen LogP contribution in [0.15, 0.2) is 28.8 Å². The molecule has 0 aliphatic carbocycles. The summed E-state index contributed by atoms with van der Waals surface area (Å²) < 4.78 is 16.0. The van der Waals surface area contributed by atoms with Crippen molar-refractivity contribution in [3.8, 4) is 11.5 Å². The Bertz CT molecular complexity index is 537. The van der Waals surface area contributed by atoms with Crippen LogP contribution in [0.2, 0.25) is 0 Å². The number of methoxy groups -OCH3 is 2. The van der Waals surface area contributed by atoms with E-state index in [0.717, 1.165) is 35.7 Å². The van der Waals surface area contributed by atoms with E-state index in [4.69, 9.17) is 13.9 Å². The van der Waals surface area contributed by atoms with Crippen molar-refractivity contribution in [3.05, 3.63) is 35.7 Å². The van der Waals surface area contributed by atoms with Gasteiger partial charge in [-0.25, -0.2) is 4.98 Å². The van der Waals surface area contributed by atoms with Crippen molar-refractivity contribution in [2.45, 2.75) is 12.8 Å². The molecule has 0 atom stereocenters. The van der Waals surface area contributed by atoms with Crippen LogP contribution in [0.3, 0.4) is 0 Å². The molecule has 0 spiro atoms. The van der Waals surface area contributed by atoms with Gasteiger partial charge in [0.2, 0.25) is 0 Å². The van der Waals surface area contributed by atoms with E-state index >= 15 is 0 Å². The van der Waals surface area contributed by atoms with Crippen LogP contribution >= 0.6 is 0 Å². The fourth-order valence-corrected chi connectivity index (χ4v) is 1.85. The van der Waals surface area contributed by atoms with Crippen LogP contribution in [0.4, 0.5) is 6.01 Å². The number of nitrogens with zero attached hydrogens (tertiary/aromatic N) is 1. The van der Waals surface area contributed by atoms with Gasteiger partial charge in [0, 0.05) is 19.5 Å². The Morgan fingerprint density at radius 1 is 1.21 bits per heavy atom. The molecule has 0 amide bonds.